The molecule has 17 heavy (non-hydrogen) atoms. The number of rotatable bonds is 1. The van der Waals surface area contributed by atoms with Crippen LogP contribution in [0.5, 0.6) is 0 Å². The van der Waals surface area contributed by atoms with Gasteiger partial charge in [-0.15, -0.1) is 0 Å². The van der Waals surface area contributed by atoms with Gasteiger partial charge in [-0.25, -0.2) is 0 Å². The molecular weight excluding hydrogens is 211 g/mol. The molecule has 3 rings (SSSR count). The fourth-order valence-electron chi connectivity index (χ4n) is 2.80. The molecule has 1 heterocycles. The molecule has 0 bridgehead atoms. The molecule has 2 aliphatic carbocycles. The summed E-state index contributed by atoms with van der Waals surface area (Å²) in [6.45, 7) is 8.50. The van der Waals surface area contributed by atoms with Crippen molar-refractivity contribution in [2.45, 2.75) is 71.0 Å². The number of hydrogen-bond donors (Lipinski definition) is 0. The van der Waals surface area contributed by atoms with E-state index in [1.807, 2.05) is 0 Å². The Balaban J connectivity index is 1.73. The zero-order valence-electron chi connectivity index (χ0n) is 11.5. The van der Waals surface area contributed by atoms with Crippen LogP contribution in [0.1, 0.15) is 59.8 Å². The van der Waals surface area contributed by atoms with Gasteiger partial charge in [-0.2, -0.15) is 0 Å². The van der Waals surface area contributed by atoms with Crippen LogP contribution in [0.3, 0.4) is 0 Å². The van der Waals surface area contributed by atoms with Gasteiger partial charge < -0.3 is 9.31 Å². The fraction of sp³-hybridized carbons (Fsp3) is 0.857. The van der Waals surface area contributed by atoms with Gasteiger partial charge in [0.1, 0.15) is 0 Å². The predicted molar refractivity (Wildman–Crippen MR) is 69.7 cm³/mol. The molecule has 0 unspecified atom stereocenters. The van der Waals surface area contributed by atoms with Crippen molar-refractivity contribution in [2.24, 2.45) is 5.41 Å². The SMILES string of the molecule is CC1(C)OB(C2=CCC3(CC2)CC3)OC1(C)C. The third-order valence-electron chi connectivity index (χ3n) is 5.25. The lowest BCUT2D eigenvalue weighted by molar-refractivity contribution is 0.00578. The van der Waals surface area contributed by atoms with Crippen LogP contribution in [0, 0.1) is 5.41 Å². The second-order valence-electron chi connectivity index (χ2n) is 7.07. The molecule has 1 saturated heterocycles. The lowest BCUT2D eigenvalue weighted by atomic mass is 9.70. The Bertz CT molecular complexity index is 350. The summed E-state index contributed by atoms with van der Waals surface area (Å²) >= 11 is 0. The van der Waals surface area contributed by atoms with Crippen LogP contribution >= 0.6 is 0 Å². The molecule has 0 aromatic rings. The quantitative estimate of drug-likeness (QED) is 0.646. The third-order valence-corrected chi connectivity index (χ3v) is 5.25. The molecule has 3 heteroatoms. The van der Waals surface area contributed by atoms with Crippen molar-refractivity contribution in [3.8, 4) is 0 Å². The lowest BCUT2D eigenvalue weighted by Crippen LogP contribution is -2.41. The van der Waals surface area contributed by atoms with Gasteiger partial charge in [0, 0.05) is 0 Å². The molecular formula is C14H23BO2. The molecule has 3 aliphatic rings. The van der Waals surface area contributed by atoms with Crippen molar-refractivity contribution in [2.75, 3.05) is 0 Å². The van der Waals surface area contributed by atoms with Gasteiger partial charge in [0.25, 0.3) is 0 Å². The highest BCUT2D eigenvalue weighted by molar-refractivity contribution is 6.54. The smallest absolute Gasteiger partial charge is 0.400 e. The predicted octanol–water partition coefficient (Wildman–Crippen LogP) is 3.51. The van der Waals surface area contributed by atoms with Crippen molar-refractivity contribution in [3.05, 3.63) is 11.5 Å². The van der Waals surface area contributed by atoms with E-state index in [0.29, 0.717) is 5.41 Å². The molecule has 0 aromatic heterocycles. The van der Waals surface area contributed by atoms with E-state index in [0.717, 1.165) is 6.42 Å². The summed E-state index contributed by atoms with van der Waals surface area (Å²) in [5.41, 5.74) is 1.66. The molecule has 2 nitrogen and oxygen atoms in total. The highest BCUT2D eigenvalue weighted by atomic mass is 16.7. The first kappa shape index (κ1) is 11.8. The molecule has 94 valence electrons. The van der Waals surface area contributed by atoms with Crippen LogP contribution in [0.15, 0.2) is 11.5 Å². The van der Waals surface area contributed by atoms with E-state index in [1.165, 1.54) is 31.2 Å². The number of hydrogen-bond acceptors (Lipinski definition) is 2. The van der Waals surface area contributed by atoms with Crippen LogP contribution < -0.4 is 0 Å². The average Bonchev–Trinajstić information content (AvgIpc) is 2.92. The second-order valence-corrected chi connectivity index (χ2v) is 7.07. The normalized spacial score (nSPS) is 32.7. The standard InChI is InChI=1S/C14H23BO2/c1-12(2)13(3,4)17-15(16-12)11-5-7-14(8-6-11)9-10-14/h5H,6-10H2,1-4H3. The molecule has 0 atom stereocenters. The number of allylic oxidation sites excluding steroid dienone is 2. The lowest BCUT2D eigenvalue weighted by Gasteiger charge is -2.32. The monoisotopic (exact) mass is 234 g/mol. The van der Waals surface area contributed by atoms with Gasteiger partial charge >= 0.3 is 7.12 Å². The van der Waals surface area contributed by atoms with Crippen LogP contribution in [-0.4, -0.2) is 18.3 Å². The minimum Gasteiger partial charge on any atom is -0.400 e. The van der Waals surface area contributed by atoms with Crippen molar-refractivity contribution >= 4 is 7.12 Å². The van der Waals surface area contributed by atoms with Gasteiger partial charge in [0.2, 0.25) is 0 Å². The van der Waals surface area contributed by atoms with Crippen molar-refractivity contribution in [1.29, 1.82) is 0 Å². The van der Waals surface area contributed by atoms with Gasteiger partial charge in [-0.05, 0) is 70.7 Å². The summed E-state index contributed by atoms with van der Waals surface area (Å²) < 4.78 is 12.2. The molecule has 0 N–H and O–H groups in total. The summed E-state index contributed by atoms with van der Waals surface area (Å²) in [6.07, 6.45) is 8.99. The van der Waals surface area contributed by atoms with E-state index in [1.54, 1.807) is 0 Å². The minimum atomic E-state index is -0.201. The Morgan fingerprint density at radius 1 is 1.00 bits per heavy atom. The maximum Gasteiger partial charge on any atom is 0.490 e. The second kappa shape index (κ2) is 3.39. The van der Waals surface area contributed by atoms with Gasteiger partial charge in [-0.1, -0.05) is 6.08 Å². The third kappa shape index (κ3) is 1.88. The Morgan fingerprint density at radius 3 is 2.00 bits per heavy atom. The summed E-state index contributed by atoms with van der Waals surface area (Å²) in [6, 6.07) is 0. The van der Waals surface area contributed by atoms with Crippen molar-refractivity contribution in [1.82, 2.24) is 0 Å². The van der Waals surface area contributed by atoms with Gasteiger partial charge in [0.15, 0.2) is 0 Å². The minimum absolute atomic E-state index is 0.101. The zero-order chi connectivity index (χ0) is 12.3. The topological polar surface area (TPSA) is 18.5 Å². The average molecular weight is 234 g/mol. The van der Waals surface area contributed by atoms with E-state index in [9.17, 15) is 0 Å². The van der Waals surface area contributed by atoms with Crippen molar-refractivity contribution < 1.29 is 9.31 Å². The van der Waals surface area contributed by atoms with E-state index < -0.39 is 0 Å². The van der Waals surface area contributed by atoms with E-state index >= 15 is 0 Å². The Morgan fingerprint density at radius 2 is 1.59 bits per heavy atom. The first-order chi connectivity index (χ1) is 7.84. The van der Waals surface area contributed by atoms with Crippen molar-refractivity contribution in [3.63, 3.8) is 0 Å². The van der Waals surface area contributed by atoms with E-state index in [4.69, 9.17) is 9.31 Å². The maximum atomic E-state index is 6.10. The van der Waals surface area contributed by atoms with Crippen LogP contribution in [-0.2, 0) is 9.31 Å². The highest BCUT2D eigenvalue weighted by Crippen LogP contribution is 2.56. The summed E-state index contributed by atoms with van der Waals surface area (Å²) in [5, 5.41) is 0. The van der Waals surface area contributed by atoms with Crippen LogP contribution in [0.4, 0.5) is 0 Å². The summed E-state index contributed by atoms with van der Waals surface area (Å²) in [4.78, 5) is 0. The molecule has 2 fully saturated rings. The fourth-order valence-corrected chi connectivity index (χ4v) is 2.80. The van der Waals surface area contributed by atoms with Gasteiger partial charge in [0.05, 0.1) is 11.2 Å². The first-order valence-corrected chi connectivity index (χ1v) is 6.88. The Hall–Kier alpha value is -0.275. The molecule has 1 saturated carbocycles. The van der Waals surface area contributed by atoms with Crippen LogP contribution in [0.25, 0.3) is 0 Å². The molecule has 0 aromatic carbocycles. The summed E-state index contributed by atoms with van der Waals surface area (Å²) in [5.74, 6) is 0. The highest BCUT2D eigenvalue weighted by Gasteiger charge is 2.53. The largest absolute Gasteiger partial charge is 0.490 e. The van der Waals surface area contributed by atoms with E-state index in [-0.39, 0.29) is 18.3 Å². The molecule has 1 aliphatic heterocycles. The molecule has 1 spiro atoms. The van der Waals surface area contributed by atoms with E-state index in [2.05, 4.69) is 33.8 Å². The summed E-state index contributed by atoms with van der Waals surface area (Å²) in [7, 11) is -0.101. The Kier molecular flexibility index (Phi) is 2.35. The van der Waals surface area contributed by atoms with Gasteiger partial charge in [-0.3, -0.25) is 0 Å². The maximum absolute atomic E-state index is 6.10. The molecule has 0 radical (unpaired) electrons. The zero-order valence-corrected chi connectivity index (χ0v) is 11.5. The van der Waals surface area contributed by atoms with Crippen LogP contribution in [0.2, 0.25) is 0 Å². The first-order valence-electron chi connectivity index (χ1n) is 6.88. The Labute approximate surface area is 105 Å². The molecule has 0 amide bonds.